The molecule has 2 aliphatic rings. The summed E-state index contributed by atoms with van der Waals surface area (Å²) < 4.78 is 13.4. The summed E-state index contributed by atoms with van der Waals surface area (Å²) in [6.45, 7) is 4.11. The van der Waals surface area contributed by atoms with E-state index in [0.29, 0.717) is 5.41 Å². The average Bonchev–Trinajstić information content (AvgIpc) is 3.04. The van der Waals surface area contributed by atoms with Gasteiger partial charge in [0.2, 0.25) is 0 Å². The molecule has 0 heterocycles. The molecular formula is C15H20FN. The van der Waals surface area contributed by atoms with E-state index in [2.05, 4.69) is 18.3 Å². The summed E-state index contributed by atoms with van der Waals surface area (Å²) >= 11 is 0. The smallest absolute Gasteiger partial charge is 0.123 e. The van der Waals surface area contributed by atoms with Crippen molar-refractivity contribution in [1.29, 1.82) is 0 Å². The highest BCUT2D eigenvalue weighted by Crippen LogP contribution is 2.68. The lowest BCUT2D eigenvalue weighted by Crippen LogP contribution is -2.49. The molecule has 0 aliphatic heterocycles. The maximum atomic E-state index is 13.4. The van der Waals surface area contributed by atoms with Crippen LogP contribution in [0.1, 0.15) is 38.2 Å². The van der Waals surface area contributed by atoms with Gasteiger partial charge in [0.05, 0.1) is 0 Å². The second kappa shape index (κ2) is 3.81. The van der Waals surface area contributed by atoms with Gasteiger partial charge >= 0.3 is 0 Å². The van der Waals surface area contributed by atoms with Gasteiger partial charge in [-0.2, -0.15) is 0 Å². The normalized spacial score (nSPS) is 23.4. The number of hydrogen-bond acceptors (Lipinski definition) is 1. The van der Waals surface area contributed by atoms with Crippen molar-refractivity contribution in [3.05, 3.63) is 35.6 Å². The van der Waals surface area contributed by atoms with E-state index in [-0.39, 0.29) is 11.2 Å². The fourth-order valence-corrected chi connectivity index (χ4v) is 3.53. The van der Waals surface area contributed by atoms with Gasteiger partial charge in [-0.05, 0) is 55.3 Å². The summed E-state index contributed by atoms with van der Waals surface area (Å²) in [6, 6.07) is 7.20. The van der Waals surface area contributed by atoms with Crippen LogP contribution in [-0.4, -0.2) is 13.1 Å². The molecule has 2 fully saturated rings. The van der Waals surface area contributed by atoms with E-state index in [9.17, 15) is 4.39 Å². The first-order valence-electron chi connectivity index (χ1n) is 6.65. The van der Waals surface area contributed by atoms with E-state index in [1.807, 2.05) is 6.07 Å². The fourth-order valence-electron chi connectivity index (χ4n) is 3.53. The van der Waals surface area contributed by atoms with Crippen molar-refractivity contribution in [3.63, 3.8) is 0 Å². The van der Waals surface area contributed by atoms with Crippen molar-refractivity contribution in [3.8, 4) is 0 Å². The van der Waals surface area contributed by atoms with Crippen molar-refractivity contribution < 1.29 is 4.39 Å². The van der Waals surface area contributed by atoms with E-state index >= 15 is 0 Å². The Kier molecular flexibility index (Phi) is 2.51. The van der Waals surface area contributed by atoms with E-state index in [1.54, 1.807) is 6.07 Å². The van der Waals surface area contributed by atoms with E-state index < -0.39 is 0 Å². The SMILES string of the molecule is CCNCC1(c2cccc(F)c2)CC2(CC2)C1. The topological polar surface area (TPSA) is 12.0 Å². The van der Waals surface area contributed by atoms with Gasteiger partial charge in [0.1, 0.15) is 5.82 Å². The molecule has 2 heteroatoms. The van der Waals surface area contributed by atoms with Gasteiger partial charge in [0, 0.05) is 12.0 Å². The fraction of sp³-hybridized carbons (Fsp3) is 0.600. The Hall–Kier alpha value is -0.890. The largest absolute Gasteiger partial charge is 0.316 e. The third kappa shape index (κ3) is 1.89. The predicted molar refractivity (Wildman–Crippen MR) is 67.5 cm³/mol. The third-order valence-corrected chi connectivity index (χ3v) is 4.53. The molecule has 0 atom stereocenters. The van der Waals surface area contributed by atoms with Crippen molar-refractivity contribution >= 4 is 0 Å². The minimum absolute atomic E-state index is 0.102. The zero-order valence-electron chi connectivity index (χ0n) is 10.4. The standard InChI is InChI=1S/C15H20FN/c1-2-17-11-15(9-14(10-15)6-7-14)12-4-3-5-13(16)8-12/h3-5,8,17H,2,6-7,9-11H2,1H3. The second-order valence-electron chi connectivity index (χ2n) is 5.92. The van der Waals surface area contributed by atoms with Crippen LogP contribution >= 0.6 is 0 Å². The molecule has 0 aromatic heterocycles. The Balaban J connectivity index is 1.83. The highest BCUT2D eigenvalue weighted by atomic mass is 19.1. The lowest BCUT2D eigenvalue weighted by Gasteiger charge is -2.49. The Morgan fingerprint density at radius 3 is 2.65 bits per heavy atom. The molecule has 2 aliphatic carbocycles. The average molecular weight is 233 g/mol. The first-order valence-corrected chi connectivity index (χ1v) is 6.65. The molecule has 17 heavy (non-hydrogen) atoms. The molecule has 1 spiro atoms. The minimum Gasteiger partial charge on any atom is -0.316 e. The highest BCUT2D eigenvalue weighted by Gasteiger charge is 2.60. The molecular weight excluding hydrogens is 213 g/mol. The molecule has 1 aromatic carbocycles. The van der Waals surface area contributed by atoms with Gasteiger partial charge < -0.3 is 5.32 Å². The zero-order chi connectivity index (χ0) is 11.9. The number of likely N-dealkylation sites (N-methyl/N-ethyl adjacent to an activating group) is 1. The van der Waals surface area contributed by atoms with E-state index in [1.165, 1.54) is 37.3 Å². The summed E-state index contributed by atoms with van der Waals surface area (Å²) in [6.07, 6.45) is 5.26. The first kappa shape index (κ1) is 11.2. The number of hydrogen-bond donors (Lipinski definition) is 1. The number of halogens is 1. The molecule has 0 bridgehead atoms. The molecule has 0 radical (unpaired) electrons. The van der Waals surface area contributed by atoms with Crippen LogP contribution in [0.2, 0.25) is 0 Å². The summed E-state index contributed by atoms with van der Waals surface area (Å²) in [7, 11) is 0. The second-order valence-corrected chi connectivity index (χ2v) is 5.92. The lowest BCUT2D eigenvalue weighted by atomic mass is 9.56. The van der Waals surface area contributed by atoms with Gasteiger partial charge in [-0.25, -0.2) is 4.39 Å². The Bertz CT molecular complexity index is 415. The molecule has 2 saturated carbocycles. The summed E-state index contributed by atoms with van der Waals surface area (Å²) in [5, 5.41) is 3.45. The van der Waals surface area contributed by atoms with Crippen molar-refractivity contribution in [2.45, 2.75) is 38.0 Å². The van der Waals surface area contributed by atoms with E-state index in [0.717, 1.165) is 13.1 Å². The van der Waals surface area contributed by atoms with Crippen molar-refractivity contribution in [2.75, 3.05) is 13.1 Å². The molecule has 1 N–H and O–H groups in total. The highest BCUT2D eigenvalue weighted by molar-refractivity contribution is 5.34. The Labute approximate surface area is 102 Å². The van der Waals surface area contributed by atoms with Crippen molar-refractivity contribution in [1.82, 2.24) is 5.32 Å². The predicted octanol–water partition coefficient (Wildman–Crippen LogP) is 3.25. The summed E-state index contributed by atoms with van der Waals surface area (Å²) in [5.74, 6) is -0.102. The maximum Gasteiger partial charge on any atom is 0.123 e. The zero-order valence-corrected chi connectivity index (χ0v) is 10.4. The minimum atomic E-state index is -0.102. The number of rotatable bonds is 4. The van der Waals surface area contributed by atoms with Crippen LogP contribution < -0.4 is 5.32 Å². The molecule has 1 aromatic rings. The summed E-state index contributed by atoms with van der Waals surface area (Å²) in [4.78, 5) is 0. The Morgan fingerprint density at radius 2 is 2.06 bits per heavy atom. The summed E-state index contributed by atoms with van der Waals surface area (Å²) in [5.41, 5.74) is 2.03. The molecule has 0 amide bonds. The van der Waals surface area contributed by atoms with Crippen molar-refractivity contribution in [2.24, 2.45) is 5.41 Å². The van der Waals surface area contributed by atoms with Crippen LogP contribution in [0.25, 0.3) is 0 Å². The quantitative estimate of drug-likeness (QED) is 0.841. The van der Waals surface area contributed by atoms with Gasteiger partial charge in [0.25, 0.3) is 0 Å². The Morgan fingerprint density at radius 1 is 1.29 bits per heavy atom. The molecule has 1 nitrogen and oxygen atoms in total. The number of benzene rings is 1. The van der Waals surface area contributed by atoms with E-state index in [4.69, 9.17) is 0 Å². The van der Waals surface area contributed by atoms with Gasteiger partial charge in [-0.15, -0.1) is 0 Å². The first-order chi connectivity index (χ1) is 8.18. The molecule has 0 unspecified atom stereocenters. The van der Waals surface area contributed by atoms with Crippen LogP contribution in [0.3, 0.4) is 0 Å². The number of nitrogens with one attached hydrogen (secondary N) is 1. The van der Waals surface area contributed by atoms with Crippen LogP contribution in [0.4, 0.5) is 4.39 Å². The van der Waals surface area contributed by atoms with Crippen LogP contribution in [0.5, 0.6) is 0 Å². The van der Waals surface area contributed by atoms with Gasteiger partial charge in [-0.1, -0.05) is 19.1 Å². The van der Waals surface area contributed by atoms with Gasteiger partial charge in [-0.3, -0.25) is 0 Å². The molecule has 0 saturated heterocycles. The molecule has 92 valence electrons. The van der Waals surface area contributed by atoms with Crippen LogP contribution in [0.15, 0.2) is 24.3 Å². The van der Waals surface area contributed by atoms with Crippen LogP contribution in [0, 0.1) is 11.2 Å². The van der Waals surface area contributed by atoms with Gasteiger partial charge in [0.15, 0.2) is 0 Å². The van der Waals surface area contributed by atoms with Crippen LogP contribution in [-0.2, 0) is 5.41 Å². The lowest BCUT2D eigenvalue weighted by molar-refractivity contribution is 0.116. The maximum absolute atomic E-state index is 13.4. The monoisotopic (exact) mass is 233 g/mol. The molecule has 3 rings (SSSR count). The third-order valence-electron chi connectivity index (χ3n) is 4.53.